The van der Waals surface area contributed by atoms with Gasteiger partial charge in [0.15, 0.2) is 24.5 Å². The molecule has 396 valence electrons. The lowest BCUT2D eigenvalue weighted by Crippen LogP contribution is -2.40. The van der Waals surface area contributed by atoms with Crippen molar-refractivity contribution in [3.63, 3.8) is 0 Å². The highest BCUT2D eigenvalue weighted by molar-refractivity contribution is 6.09. The molecule has 2 heterocycles. The zero-order valence-corrected chi connectivity index (χ0v) is 45.3. The molecular formula is C59H80N4O10. The van der Waals surface area contributed by atoms with Crippen LogP contribution in [0.1, 0.15) is 159 Å². The lowest BCUT2D eigenvalue weighted by atomic mass is 9.84. The normalized spacial score (nSPS) is 12.5. The van der Waals surface area contributed by atoms with Crippen molar-refractivity contribution < 1.29 is 47.5 Å². The number of amides is 3. The summed E-state index contributed by atoms with van der Waals surface area (Å²) in [7, 11) is 1.50. The minimum atomic E-state index is -0.328. The van der Waals surface area contributed by atoms with Gasteiger partial charge in [0.2, 0.25) is 11.8 Å². The van der Waals surface area contributed by atoms with E-state index in [2.05, 4.69) is 72.6 Å². The van der Waals surface area contributed by atoms with E-state index >= 15 is 0 Å². The van der Waals surface area contributed by atoms with E-state index in [0.717, 1.165) is 89.0 Å². The van der Waals surface area contributed by atoms with E-state index in [1.807, 2.05) is 71.9 Å². The third kappa shape index (κ3) is 20.0. The van der Waals surface area contributed by atoms with Gasteiger partial charge >= 0.3 is 0 Å². The van der Waals surface area contributed by atoms with Gasteiger partial charge in [-0.1, -0.05) is 101 Å². The van der Waals surface area contributed by atoms with E-state index in [0.29, 0.717) is 44.8 Å². The standard InChI is InChI=1S/C41H48N2O8.C8H10.C7H11NO2.C2H6.CH5N/c1-25(2)35-21-31(39-27(4)43-51-30(39)7)20-32(23-44)41(35)36-22-33(15-14-26(36)3)49-19-9-8-17-48-18-11-16-42-38(47)24-50-37-13-10-12-34(28(5)45)40(37)29(6)46;1-2-8-6-4-3-5-7-8;1-2-5-3-4-6(9)8-7(5)10;2*1-2/h10,12-15,20-23,25H,8-9,11,16-19,24H2,1-7H3,(H,42,47);3-7H,2H2,1H3;5H,2-4H2,1H3,(H,8,9,10);1-2H3;2H2,1H3. The second-order valence-corrected chi connectivity index (χ2v) is 17.3. The summed E-state index contributed by atoms with van der Waals surface area (Å²) in [6.07, 6.45) is 6.36. The molecule has 0 aliphatic carbocycles. The number of rotatable bonds is 21. The van der Waals surface area contributed by atoms with Crippen LogP contribution in [0, 0.1) is 26.7 Å². The number of nitrogens with two attached hydrogens (primary N) is 1. The van der Waals surface area contributed by atoms with Gasteiger partial charge in [0.05, 0.1) is 17.9 Å². The van der Waals surface area contributed by atoms with Gasteiger partial charge in [-0.2, -0.15) is 0 Å². The summed E-state index contributed by atoms with van der Waals surface area (Å²) in [6, 6.07) is 25.3. The first kappa shape index (κ1) is 62.3. The number of Topliss-reactive ketones (excluding diaryl/α,β-unsaturated/α-hetero) is 2. The van der Waals surface area contributed by atoms with Crippen molar-refractivity contribution >= 4 is 35.6 Å². The minimum absolute atomic E-state index is 0.0673. The molecule has 73 heavy (non-hydrogen) atoms. The number of carbonyl (C=O) groups excluding carboxylic acids is 6. The summed E-state index contributed by atoms with van der Waals surface area (Å²) in [6.45, 7) is 22.7. The first-order chi connectivity index (χ1) is 35.1. The third-order valence-electron chi connectivity index (χ3n) is 11.7. The summed E-state index contributed by atoms with van der Waals surface area (Å²) in [5.41, 5.74) is 13.6. The first-order valence-electron chi connectivity index (χ1n) is 25.5. The summed E-state index contributed by atoms with van der Waals surface area (Å²) in [5.74, 6) is 0.805. The van der Waals surface area contributed by atoms with Crippen LogP contribution in [0.3, 0.4) is 0 Å². The monoisotopic (exact) mass is 1000 g/mol. The average molecular weight is 1010 g/mol. The predicted molar refractivity (Wildman–Crippen MR) is 290 cm³/mol. The van der Waals surface area contributed by atoms with E-state index in [4.69, 9.17) is 18.7 Å². The van der Waals surface area contributed by atoms with E-state index in [1.54, 1.807) is 18.2 Å². The summed E-state index contributed by atoms with van der Waals surface area (Å²) in [4.78, 5) is 70.1. The maximum atomic E-state index is 12.5. The molecule has 1 fully saturated rings. The molecule has 5 aromatic rings. The molecule has 3 amide bonds. The van der Waals surface area contributed by atoms with Crippen molar-refractivity contribution in [2.45, 2.75) is 127 Å². The number of piperidine rings is 1. The summed E-state index contributed by atoms with van der Waals surface area (Å²) < 4.78 is 22.8. The van der Waals surface area contributed by atoms with Gasteiger partial charge in [0, 0.05) is 48.8 Å². The molecule has 0 spiro atoms. The van der Waals surface area contributed by atoms with Gasteiger partial charge in [0.25, 0.3) is 5.91 Å². The Morgan fingerprint density at radius 3 is 2.11 bits per heavy atom. The fourth-order valence-corrected chi connectivity index (χ4v) is 7.89. The predicted octanol–water partition coefficient (Wildman–Crippen LogP) is 11.3. The van der Waals surface area contributed by atoms with Crippen LogP contribution in [0.15, 0.2) is 83.4 Å². The Balaban J connectivity index is 0.000000682. The van der Waals surface area contributed by atoms with E-state index < -0.39 is 0 Å². The molecule has 1 saturated heterocycles. The molecular weight excluding hydrogens is 925 g/mol. The van der Waals surface area contributed by atoms with Crippen molar-refractivity contribution in [2.24, 2.45) is 11.7 Å². The highest BCUT2D eigenvalue weighted by atomic mass is 16.5. The molecule has 4 aromatic carbocycles. The summed E-state index contributed by atoms with van der Waals surface area (Å²) >= 11 is 0. The highest BCUT2D eigenvalue weighted by Crippen LogP contribution is 2.40. The maximum absolute atomic E-state index is 12.5. The van der Waals surface area contributed by atoms with Crippen molar-refractivity contribution in [3.8, 4) is 33.8 Å². The number of aromatic nitrogens is 1. The number of imide groups is 1. The Kier molecular flexibility index (Phi) is 28.9. The molecule has 1 aliphatic heterocycles. The van der Waals surface area contributed by atoms with E-state index in [-0.39, 0.29) is 64.6 Å². The second kappa shape index (κ2) is 33.8. The van der Waals surface area contributed by atoms with Crippen molar-refractivity contribution in [1.82, 2.24) is 15.8 Å². The van der Waals surface area contributed by atoms with Gasteiger partial charge in [-0.25, -0.2) is 0 Å². The lowest BCUT2D eigenvalue weighted by molar-refractivity contribution is -0.136. The second-order valence-electron chi connectivity index (χ2n) is 17.3. The van der Waals surface area contributed by atoms with Crippen LogP contribution in [0.2, 0.25) is 0 Å². The van der Waals surface area contributed by atoms with Gasteiger partial charge < -0.3 is 29.8 Å². The Labute approximate surface area is 433 Å². The SMILES string of the molecule is CC.CC(=O)c1cccc(OCC(=O)NCCCOCCCCOc2ccc(C)c(-c3c(C=O)cc(-c4c(C)noc4C)cc3C(C)C)c2)c1C(C)=O.CCC1CCC(=O)NC1=O.CCc1ccccc1.CN. The molecule has 1 atom stereocenters. The molecule has 14 heteroatoms. The van der Waals surface area contributed by atoms with Crippen LogP contribution >= 0.6 is 0 Å². The Morgan fingerprint density at radius 1 is 0.849 bits per heavy atom. The Hall–Kier alpha value is -6.77. The lowest BCUT2D eigenvalue weighted by Gasteiger charge is -2.20. The van der Waals surface area contributed by atoms with Crippen LogP contribution in [0.4, 0.5) is 0 Å². The first-order valence-corrected chi connectivity index (χ1v) is 25.5. The molecule has 6 rings (SSSR count). The number of unbranched alkanes of at least 4 members (excludes halogenated alkanes) is 1. The smallest absolute Gasteiger partial charge is 0.257 e. The quantitative estimate of drug-likeness (QED) is 0.0272. The van der Waals surface area contributed by atoms with Crippen LogP contribution in [-0.2, 0) is 25.5 Å². The summed E-state index contributed by atoms with van der Waals surface area (Å²) in [5, 5.41) is 9.18. The van der Waals surface area contributed by atoms with Crippen LogP contribution < -0.4 is 25.8 Å². The fourth-order valence-electron chi connectivity index (χ4n) is 7.89. The largest absolute Gasteiger partial charge is 0.494 e. The highest BCUT2D eigenvalue weighted by Gasteiger charge is 2.25. The molecule has 0 saturated carbocycles. The number of hydrogen-bond donors (Lipinski definition) is 3. The molecule has 0 radical (unpaired) electrons. The number of benzene rings is 4. The number of aryl methyl sites for hydroxylation is 4. The van der Waals surface area contributed by atoms with Crippen molar-refractivity contribution in [2.75, 3.05) is 40.0 Å². The van der Waals surface area contributed by atoms with Crippen LogP contribution in [0.5, 0.6) is 11.5 Å². The van der Waals surface area contributed by atoms with E-state index in [9.17, 15) is 28.8 Å². The zero-order chi connectivity index (χ0) is 54.5. The molecule has 1 unspecified atom stereocenters. The van der Waals surface area contributed by atoms with Crippen molar-refractivity contribution in [3.05, 3.63) is 124 Å². The number of aldehydes is 1. The number of hydrogen-bond acceptors (Lipinski definition) is 12. The Bertz CT molecular complexity index is 2510. The maximum Gasteiger partial charge on any atom is 0.257 e. The Morgan fingerprint density at radius 2 is 1.53 bits per heavy atom. The molecule has 1 aromatic heterocycles. The average Bonchev–Trinajstić information content (AvgIpc) is 3.74. The number of ether oxygens (including phenoxy) is 3. The number of carbonyl (C=O) groups is 6. The van der Waals surface area contributed by atoms with Crippen molar-refractivity contribution in [1.29, 1.82) is 0 Å². The molecule has 1 aliphatic rings. The van der Waals surface area contributed by atoms with E-state index in [1.165, 1.54) is 26.5 Å². The van der Waals surface area contributed by atoms with Gasteiger partial charge in [-0.3, -0.25) is 34.1 Å². The number of nitrogens with zero attached hydrogens (tertiary/aromatic N) is 1. The zero-order valence-electron chi connectivity index (χ0n) is 45.3. The number of nitrogens with one attached hydrogen (secondary N) is 2. The minimum Gasteiger partial charge on any atom is -0.494 e. The van der Waals surface area contributed by atoms with Crippen LogP contribution in [0.25, 0.3) is 22.3 Å². The van der Waals surface area contributed by atoms with Crippen LogP contribution in [-0.4, -0.2) is 80.8 Å². The molecule has 4 N–H and O–H groups in total. The van der Waals surface area contributed by atoms with Gasteiger partial charge in [-0.15, -0.1) is 0 Å². The molecule has 0 bridgehead atoms. The molecule has 14 nitrogen and oxygen atoms in total. The fraction of sp³-hybridized carbons (Fsp3) is 0.441. The topological polar surface area (TPSA) is 206 Å². The van der Waals surface area contributed by atoms with Gasteiger partial charge in [0.1, 0.15) is 17.3 Å². The third-order valence-corrected chi connectivity index (χ3v) is 11.7. The van der Waals surface area contributed by atoms with Gasteiger partial charge in [-0.05, 0) is 144 Å². The number of ketones is 2.